The van der Waals surface area contributed by atoms with Crippen LogP contribution in [0, 0.1) is 5.41 Å². The van der Waals surface area contributed by atoms with Crippen LogP contribution in [-0.4, -0.2) is 36.5 Å². The molecule has 0 aliphatic heterocycles. The Morgan fingerprint density at radius 1 is 1.47 bits per heavy atom. The van der Waals surface area contributed by atoms with Crippen molar-refractivity contribution in [1.29, 1.82) is 0 Å². The fourth-order valence-electron chi connectivity index (χ4n) is 2.28. The molecule has 1 fully saturated rings. The van der Waals surface area contributed by atoms with Crippen molar-refractivity contribution < 1.29 is 9.53 Å². The number of rotatable bonds is 6. The van der Waals surface area contributed by atoms with E-state index in [4.69, 9.17) is 4.74 Å². The third-order valence-corrected chi connectivity index (χ3v) is 3.55. The molecule has 1 aliphatic carbocycles. The van der Waals surface area contributed by atoms with Crippen molar-refractivity contribution in [3.8, 4) is 0 Å². The van der Waals surface area contributed by atoms with Crippen LogP contribution in [0.2, 0.25) is 0 Å². The van der Waals surface area contributed by atoms with Crippen LogP contribution in [0.1, 0.15) is 25.0 Å². The highest BCUT2D eigenvalue weighted by atomic mass is 16.5. The van der Waals surface area contributed by atoms with Crippen LogP contribution in [-0.2, 0) is 11.3 Å². The average molecular weight is 264 g/mol. The van der Waals surface area contributed by atoms with Gasteiger partial charge in [-0.15, -0.1) is 0 Å². The molecule has 6 heteroatoms. The first kappa shape index (κ1) is 13.7. The van der Waals surface area contributed by atoms with Gasteiger partial charge in [-0.2, -0.15) is 10.2 Å². The summed E-state index contributed by atoms with van der Waals surface area (Å²) in [5.41, 5.74) is 0.881. The van der Waals surface area contributed by atoms with Crippen molar-refractivity contribution in [2.45, 2.75) is 25.8 Å². The second-order valence-corrected chi connectivity index (χ2v) is 5.04. The van der Waals surface area contributed by atoms with Crippen LogP contribution in [0.25, 0.3) is 0 Å². The minimum atomic E-state index is -0.173. The van der Waals surface area contributed by atoms with E-state index >= 15 is 0 Å². The fourth-order valence-corrected chi connectivity index (χ4v) is 2.28. The second-order valence-electron chi connectivity index (χ2n) is 5.04. The van der Waals surface area contributed by atoms with E-state index < -0.39 is 0 Å². The maximum absolute atomic E-state index is 11.7. The number of hydrogen-bond donors (Lipinski definition) is 2. The van der Waals surface area contributed by atoms with Gasteiger partial charge in [-0.05, 0) is 25.0 Å². The predicted molar refractivity (Wildman–Crippen MR) is 70.4 cm³/mol. The van der Waals surface area contributed by atoms with Crippen LogP contribution < -0.4 is 10.6 Å². The first-order valence-electron chi connectivity index (χ1n) is 6.51. The van der Waals surface area contributed by atoms with E-state index in [-0.39, 0.29) is 11.4 Å². The number of nitrogens with one attached hydrogen (secondary N) is 2. The van der Waals surface area contributed by atoms with E-state index in [1.54, 1.807) is 19.4 Å². The molecule has 2 amide bonds. The van der Waals surface area contributed by atoms with E-state index in [9.17, 15) is 4.79 Å². The molecule has 0 aromatic carbocycles. The zero-order valence-electron chi connectivity index (χ0n) is 11.2. The quantitative estimate of drug-likeness (QED) is 0.806. The highest BCUT2D eigenvalue weighted by Crippen LogP contribution is 2.40. The van der Waals surface area contributed by atoms with Crippen LogP contribution in [0.3, 0.4) is 0 Å². The number of carbonyl (C=O) groups excluding carboxylic acids is 1. The maximum Gasteiger partial charge on any atom is 0.315 e. The molecule has 0 saturated heterocycles. The number of aromatic nitrogens is 2. The zero-order valence-corrected chi connectivity index (χ0v) is 11.2. The summed E-state index contributed by atoms with van der Waals surface area (Å²) in [6, 6.07) is 3.45. The minimum Gasteiger partial charge on any atom is -0.384 e. The molecule has 1 saturated carbocycles. The van der Waals surface area contributed by atoms with E-state index in [1.165, 1.54) is 6.42 Å². The molecule has 1 heterocycles. The predicted octanol–water partition coefficient (Wildman–Crippen LogP) is 1.09. The molecule has 6 nitrogen and oxygen atoms in total. The Hall–Kier alpha value is -1.69. The number of ether oxygens (including phenoxy) is 1. The number of methoxy groups -OCH3 is 1. The largest absolute Gasteiger partial charge is 0.384 e. The fraction of sp³-hybridized carbons (Fsp3) is 0.615. The van der Waals surface area contributed by atoms with Crippen molar-refractivity contribution in [2.24, 2.45) is 5.41 Å². The molecule has 0 bridgehead atoms. The lowest BCUT2D eigenvalue weighted by molar-refractivity contribution is 0.0200. The van der Waals surface area contributed by atoms with Crippen LogP contribution >= 0.6 is 0 Å². The Bertz CT molecular complexity index is 406. The number of nitrogens with zero attached hydrogens (tertiary/aromatic N) is 2. The summed E-state index contributed by atoms with van der Waals surface area (Å²) in [6.07, 6.45) is 5.05. The van der Waals surface area contributed by atoms with Crippen molar-refractivity contribution in [3.05, 3.63) is 24.0 Å². The van der Waals surface area contributed by atoms with Gasteiger partial charge in [0.1, 0.15) is 0 Å². The van der Waals surface area contributed by atoms with Gasteiger partial charge in [0.15, 0.2) is 0 Å². The van der Waals surface area contributed by atoms with E-state index in [0.717, 1.165) is 18.5 Å². The van der Waals surface area contributed by atoms with Crippen molar-refractivity contribution in [1.82, 2.24) is 20.8 Å². The first-order valence-corrected chi connectivity index (χ1v) is 6.51. The number of carbonyl (C=O) groups is 1. The Morgan fingerprint density at radius 3 is 2.89 bits per heavy atom. The second kappa shape index (κ2) is 6.47. The average Bonchev–Trinajstić information content (AvgIpc) is 2.40. The summed E-state index contributed by atoms with van der Waals surface area (Å²) in [6.45, 7) is 1.75. The highest BCUT2D eigenvalue weighted by Gasteiger charge is 2.37. The maximum atomic E-state index is 11.7. The van der Waals surface area contributed by atoms with Crippen LogP contribution in [0.5, 0.6) is 0 Å². The Kier molecular flexibility index (Phi) is 4.68. The molecule has 0 radical (unpaired) electrons. The van der Waals surface area contributed by atoms with Crippen LogP contribution in [0.15, 0.2) is 18.3 Å². The molecule has 19 heavy (non-hydrogen) atoms. The topological polar surface area (TPSA) is 76.1 Å². The standard InChI is InChI=1S/C13H20N4O2/c1-19-10-13(5-3-6-13)9-15-12(18)14-8-11-4-2-7-16-17-11/h2,4,7H,3,5-6,8-10H2,1H3,(H2,14,15,18). The minimum absolute atomic E-state index is 0.138. The van der Waals surface area contributed by atoms with Gasteiger partial charge >= 0.3 is 6.03 Å². The molecule has 1 aliphatic rings. The molecule has 2 rings (SSSR count). The van der Waals surface area contributed by atoms with Gasteiger partial charge in [-0.25, -0.2) is 4.79 Å². The third-order valence-electron chi connectivity index (χ3n) is 3.55. The van der Waals surface area contributed by atoms with Gasteiger partial charge in [-0.3, -0.25) is 0 Å². The molecule has 1 aromatic rings. The summed E-state index contributed by atoms with van der Waals surface area (Å²) >= 11 is 0. The molecule has 2 N–H and O–H groups in total. The molecule has 104 valence electrons. The van der Waals surface area contributed by atoms with Gasteiger partial charge < -0.3 is 15.4 Å². The van der Waals surface area contributed by atoms with E-state index in [2.05, 4.69) is 20.8 Å². The van der Waals surface area contributed by atoms with Crippen molar-refractivity contribution in [2.75, 3.05) is 20.3 Å². The van der Waals surface area contributed by atoms with Crippen molar-refractivity contribution in [3.63, 3.8) is 0 Å². The monoisotopic (exact) mass is 264 g/mol. The lowest BCUT2D eigenvalue weighted by Gasteiger charge is -2.41. The summed E-state index contributed by atoms with van der Waals surface area (Å²) < 4.78 is 5.22. The number of hydrogen-bond acceptors (Lipinski definition) is 4. The summed E-state index contributed by atoms with van der Waals surface area (Å²) in [5, 5.41) is 13.3. The molecule has 0 spiro atoms. The normalized spacial score (nSPS) is 16.5. The Balaban J connectivity index is 1.70. The lowest BCUT2D eigenvalue weighted by Crippen LogP contribution is -2.47. The number of urea groups is 1. The summed E-state index contributed by atoms with van der Waals surface area (Å²) in [4.78, 5) is 11.7. The van der Waals surface area contributed by atoms with Gasteiger partial charge in [0, 0.05) is 25.3 Å². The molecular weight excluding hydrogens is 244 g/mol. The van der Waals surface area contributed by atoms with Gasteiger partial charge in [-0.1, -0.05) is 6.42 Å². The molecule has 1 aromatic heterocycles. The number of amides is 2. The van der Waals surface area contributed by atoms with E-state index in [1.807, 2.05) is 6.07 Å². The van der Waals surface area contributed by atoms with Gasteiger partial charge in [0.25, 0.3) is 0 Å². The molecule has 0 unspecified atom stereocenters. The zero-order chi connectivity index (χ0) is 13.6. The smallest absolute Gasteiger partial charge is 0.315 e. The lowest BCUT2D eigenvalue weighted by atomic mass is 9.69. The summed E-state index contributed by atoms with van der Waals surface area (Å²) in [5.74, 6) is 0. The van der Waals surface area contributed by atoms with Gasteiger partial charge in [0.05, 0.1) is 18.8 Å². The highest BCUT2D eigenvalue weighted by molar-refractivity contribution is 5.73. The summed E-state index contributed by atoms with van der Waals surface area (Å²) in [7, 11) is 1.70. The SMILES string of the molecule is COCC1(CNC(=O)NCc2cccnn2)CCC1. The van der Waals surface area contributed by atoms with E-state index in [0.29, 0.717) is 19.7 Å². The van der Waals surface area contributed by atoms with Crippen molar-refractivity contribution >= 4 is 6.03 Å². The Morgan fingerprint density at radius 2 is 2.32 bits per heavy atom. The molecular formula is C13H20N4O2. The first-order chi connectivity index (χ1) is 9.24. The Labute approximate surface area is 112 Å². The third kappa shape index (κ3) is 3.89. The van der Waals surface area contributed by atoms with Gasteiger partial charge in [0.2, 0.25) is 0 Å². The molecule has 0 atom stereocenters. The van der Waals surface area contributed by atoms with Crippen LogP contribution in [0.4, 0.5) is 4.79 Å².